The van der Waals surface area contributed by atoms with Crippen molar-refractivity contribution in [1.82, 2.24) is 5.32 Å². The van der Waals surface area contributed by atoms with E-state index < -0.39 is 17.8 Å². The van der Waals surface area contributed by atoms with E-state index in [1.807, 2.05) is 0 Å². The van der Waals surface area contributed by atoms with Crippen LogP contribution in [-0.4, -0.2) is 23.5 Å². The van der Waals surface area contributed by atoms with Crippen molar-refractivity contribution in [3.63, 3.8) is 0 Å². The summed E-state index contributed by atoms with van der Waals surface area (Å²) in [4.78, 5) is 23.0. The molecule has 0 spiro atoms. The SMILES string of the molecule is O=C(NCC(C(=O)O)c1ccccc1)c1ccc(Cl)o1. The Morgan fingerprint density at radius 1 is 1.20 bits per heavy atom. The molecule has 1 atom stereocenters. The fraction of sp³-hybridized carbons (Fsp3) is 0.143. The minimum absolute atomic E-state index is 0.0313. The van der Waals surface area contributed by atoms with Crippen molar-refractivity contribution in [2.45, 2.75) is 5.92 Å². The van der Waals surface area contributed by atoms with Crippen molar-refractivity contribution in [2.75, 3.05) is 6.54 Å². The number of amides is 1. The molecule has 104 valence electrons. The molecule has 0 saturated heterocycles. The second-order valence-corrected chi connectivity index (χ2v) is 4.49. The van der Waals surface area contributed by atoms with E-state index in [1.54, 1.807) is 30.3 Å². The normalized spacial score (nSPS) is 11.8. The van der Waals surface area contributed by atoms with Gasteiger partial charge in [0.05, 0.1) is 5.92 Å². The molecule has 5 nitrogen and oxygen atoms in total. The fourth-order valence-electron chi connectivity index (χ4n) is 1.75. The van der Waals surface area contributed by atoms with Crippen LogP contribution < -0.4 is 5.32 Å². The highest BCUT2D eigenvalue weighted by Gasteiger charge is 2.21. The Labute approximate surface area is 120 Å². The van der Waals surface area contributed by atoms with E-state index in [2.05, 4.69) is 5.32 Å². The molecule has 20 heavy (non-hydrogen) atoms. The zero-order valence-corrected chi connectivity index (χ0v) is 11.1. The van der Waals surface area contributed by atoms with Gasteiger partial charge in [-0.15, -0.1) is 0 Å². The van der Waals surface area contributed by atoms with Crippen LogP contribution in [0.3, 0.4) is 0 Å². The summed E-state index contributed by atoms with van der Waals surface area (Å²) in [5.41, 5.74) is 0.623. The summed E-state index contributed by atoms with van der Waals surface area (Å²) in [6.07, 6.45) is 0. The predicted molar refractivity (Wildman–Crippen MR) is 72.9 cm³/mol. The lowest BCUT2D eigenvalue weighted by molar-refractivity contribution is -0.138. The Bertz CT molecular complexity index is 609. The molecule has 0 aliphatic rings. The van der Waals surface area contributed by atoms with Crippen LogP contribution >= 0.6 is 11.6 Å². The van der Waals surface area contributed by atoms with Gasteiger partial charge in [-0.25, -0.2) is 0 Å². The molecule has 1 aromatic heterocycles. The largest absolute Gasteiger partial charge is 0.481 e. The molecule has 1 unspecified atom stereocenters. The monoisotopic (exact) mass is 293 g/mol. The van der Waals surface area contributed by atoms with Crippen LogP contribution in [0.4, 0.5) is 0 Å². The van der Waals surface area contributed by atoms with E-state index in [0.717, 1.165) is 0 Å². The number of hydrogen-bond acceptors (Lipinski definition) is 3. The number of rotatable bonds is 5. The van der Waals surface area contributed by atoms with E-state index >= 15 is 0 Å². The molecule has 2 aromatic rings. The van der Waals surface area contributed by atoms with E-state index in [0.29, 0.717) is 5.56 Å². The maximum Gasteiger partial charge on any atom is 0.312 e. The van der Waals surface area contributed by atoms with Gasteiger partial charge in [0, 0.05) is 6.54 Å². The Kier molecular flexibility index (Phi) is 4.42. The summed E-state index contributed by atoms with van der Waals surface area (Å²) in [6, 6.07) is 11.6. The number of carboxylic acids is 1. The number of benzene rings is 1. The Hall–Kier alpha value is -2.27. The van der Waals surface area contributed by atoms with Crippen LogP contribution in [0.1, 0.15) is 22.0 Å². The number of carbonyl (C=O) groups excluding carboxylic acids is 1. The van der Waals surface area contributed by atoms with E-state index in [1.165, 1.54) is 12.1 Å². The summed E-state index contributed by atoms with van der Waals surface area (Å²) in [5, 5.41) is 11.8. The standard InChI is InChI=1S/C14H12ClNO4/c15-12-7-6-11(20-12)13(17)16-8-10(14(18)19)9-4-2-1-3-5-9/h1-7,10H,8H2,(H,16,17)(H,18,19). The number of halogens is 1. The molecular weight excluding hydrogens is 282 g/mol. The zero-order valence-electron chi connectivity index (χ0n) is 10.4. The third kappa shape index (κ3) is 3.39. The summed E-state index contributed by atoms with van der Waals surface area (Å²) in [6.45, 7) is -0.0313. The molecule has 0 bridgehead atoms. The molecule has 0 fully saturated rings. The highest BCUT2D eigenvalue weighted by atomic mass is 35.5. The number of furan rings is 1. The van der Waals surface area contributed by atoms with Gasteiger partial charge in [-0.05, 0) is 29.3 Å². The lowest BCUT2D eigenvalue weighted by Crippen LogP contribution is -2.31. The third-order valence-corrected chi connectivity index (χ3v) is 2.97. The van der Waals surface area contributed by atoms with Gasteiger partial charge >= 0.3 is 5.97 Å². The van der Waals surface area contributed by atoms with E-state index in [4.69, 9.17) is 16.0 Å². The molecule has 0 saturated carbocycles. The topological polar surface area (TPSA) is 79.5 Å². The highest BCUT2D eigenvalue weighted by Crippen LogP contribution is 2.16. The van der Waals surface area contributed by atoms with Crippen LogP contribution in [-0.2, 0) is 4.79 Å². The van der Waals surface area contributed by atoms with Gasteiger partial charge < -0.3 is 14.8 Å². The molecular formula is C14H12ClNO4. The summed E-state index contributed by atoms with van der Waals surface area (Å²) >= 11 is 5.57. The van der Waals surface area contributed by atoms with Crippen molar-refractivity contribution in [3.05, 3.63) is 59.0 Å². The average molecular weight is 294 g/mol. The molecule has 1 aromatic carbocycles. The first-order valence-electron chi connectivity index (χ1n) is 5.89. The summed E-state index contributed by atoms with van der Waals surface area (Å²) in [5.74, 6) is -2.27. The average Bonchev–Trinajstić information content (AvgIpc) is 2.86. The van der Waals surface area contributed by atoms with Crippen LogP contribution in [0.15, 0.2) is 46.9 Å². The lowest BCUT2D eigenvalue weighted by atomic mass is 9.99. The zero-order chi connectivity index (χ0) is 14.5. The molecule has 0 radical (unpaired) electrons. The second-order valence-electron chi connectivity index (χ2n) is 4.12. The van der Waals surface area contributed by atoms with Gasteiger partial charge in [0.15, 0.2) is 11.0 Å². The van der Waals surface area contributed by atoms with Gasteiger partial charge in [0.25, 0.3) is 5.91 Å². The molecule has 0 aliphatic carbocycles. The smallest absolute Gasteiger partial charge is 0.312 e. The van der Waals surface area contributed by atoms with Crippen molar-refractivity contribution in [3.8, 4) is 0 Å². The Morgan fingerprint density at radius 3 is 2.45 bits per heavy atom. The first kappa shape index (κ1) is 14.1. The number of carboxylic acid groups (broad SMARTS) is 1. The lowest BCUT2D eigenvalue weighted by Gasteiger charge is -2.13. The van der Waals surface area contributed by atoms with Crippen LogP contribution in [0.25, 0.3) is 0 Å². The van der Waals surface area contributed by atoms with Crippen molar-refractivity contribution >= 4 is 23.5 Å². The quantitative estimate of drug-likeness (QED) is 0.888. The molecule has 0 aliphatic heterocycles. The first-order chi connectivity index (χ1) is 9.58. The maximum atomic E-state index is 11.8. The molecule has 6 heteroatoms. The number of carbonyl (C=O) groups is 2. The predicted octanol–water partition coefficient (Wildman–Crippen LogP) is 2.53. The van der Waals surface area contributed by atoms with Gasteiger partial charge in [0.1, 0.15) is 0 Å². The third-order valence-electron chi connectivity index (χ3n) is 2.76. The van der Waals surface area contributed by atoms with E-state index in [-0.39, 0.29) is 17.5 Å². The number of nitrogens with one attached hydrogen (secondary N) is 1. The minimum Gasteiger partial charge on any atom is -0.481 e. The van der Waals surface area contributed by atoms with Gasteiger partial charge in [-0.1, -0.05) is 30.3 Å². The molecule has 1 heterocycles. The highest BCUT2D eigenvalue weighted by molar-refractivity contribution is 6.29. The number of hydrogen-bond donors (Lipinski definition) is 2. The molecule has 1 amide bonds. The van der Waals surface area contributed by atoms with Gasteiger partial charge in [-0.3, -0.25) is 9.59 Å². The van der Waals surface area contributed by atoms with Crippen LogP contribution in [0, 0.1) is 0 Å². The van der Waals surface area contributed by atoms with Crippen LogP contribution in [0.2, 0.25) is 5.22 Å². The summed E-state index contributed by atoms with van der Waals surface area (Å²) < 4.78 is 4.95. The molecule has 2 rings (SSSR count). The van der Waals surface area contributed by atoms with Crippen molar-refractivity contribution < 1.29 is 19.1 Å². The van der Waals surface area contributed by atoms with Crippen molar-refractivity contribution in [1.29, 1.82) is 0 Å². The number of aliphatic carboxylic acids is 1. The Morgan fingerprint density at radius 2 is 1.90 bits per heavy atom. The first-order valence-corrected chi connectivity index (χ1v) is 6.27. The maximum absolute atomic E-state index is 11.8. The second kappa shape index (κ2) is 6.25. The Balaban J connectivity index is 2.03. The van der Waals surface area contributed by atoms with Gasteiger partial charge in [0.2, 0.25) is 0 Å². The van der Waals surface area contributed by atoms with Crippen LogP contribution in [0.5, 0.6) is 0 Å². The van der Waals surface area contributed by atoms with Gasteiger partial charge in [-0.2, -0.15) is 0 Å². The van der Waals surface area contributed by atoms with Crippen molar-refractivity contribution in [2.24, 2.45) is 0 Å². The summed E-state index contributed by atoms with van der Waals surface area (Å²) in [7, 11) is 0. The minimum atomic E-state index is -1.01. The molecule has 2 N–H and O–H groups in total. The fourth-order valence-corrected chi connectivity index (χ4v) is 1.90. The van der Waals surface area contributed by atoms with E-state index in [9.17, 15) is 14.7 Å².